The lowest BCUT2D eigenvalue weighted by molar-refractivity contribution is -0.217. The summed E-state index contributed by atoms with van der Waals surface area (Å²) in [6, 6.07) is 0. The van der Waals surface area contributed by atoms with Crippen LogP contribution in [0.15, 0.2) is 48.6 Å². The summed E-state index contributed by atoms with van der Waals surface area (Å²) in [5.41, 5.74) is 0.741. The van der Waals surface area contributed by atoms with E-state index >= 15 is 0 Å². The molecule has 1 heterocycles. The van der Waals surface area contributed by atoms with Gasteiger partial charge in [-0.2, -0.15) is 0 Å². The number of ether oxygens (including phenoxy) is 6. The van der Waals surface area contributed by atoms with Crippen LogP contribution in [0.3, 0.4) is 0 Å². The Bertz CT molecular complexity index is 1790. The third-order valence-electron chi connectivity index (χ3n) is 16.0. The largest absolute Gasteiger partial charge is 0.463 e. The Hall–Kier alpha value is -3.77. The van der Waals surface area contributed by atoms with Crippen LogP contribution in [0.2, 0.25) is 0 Å². The van der Waals surface area contributed by atoms with E-state index in [1.165, 1.54) is 71.1 Å². The van der Waals surface area contributed by atoms with Crippen LogP contribution in [-0.2, 0) is 52.4 Å². The Morgan fingerprint density at radius 2 is 1.19 bits per heavy atom. The fourth-order valence-corrected chi connectivity index (χ4v) is 14.2. The van der Waals surface area contributed by atoms with E-state index < -0.39 is 29.2 Å². The summed E-state index contributed by atoms with van der Waals surface area (Å²) in [7, 11) is 0. The van der Waals surface area contributed by atoms with Crippen LogP contribution >= 0.6 is 0 Å². The molecule has 1 saturated heterocycles. The molecule has 0 spiro atoms. The Balaban J connectivity index is 0.000000142. The van der Waals surface area contributed by atoms with Crippen molar-refractivity contribution in [2.24, 2.45) is 59.2 Å². The van der Waals surface area contributed by atoms with Crippen LogP contribution in [-0.4, -0.2) is 77.9 Å². The highest BCUT2D eigenvalue weighted by Gasteiger charge is 2.59. The van der Waals surface area contributed by atoms with Gasteiger partial charge in [0.05, 0.1) is 18.3 Å². The molecule has 11 saturated carbocycles. The normalized spacial score (nSPS) is 39.1. The van der Waals surface area contributed by atoms with E-state index in [0.29, 0.717) is 71.9 Å². The number of hydrogen-bond donors (Lipinski definition) is 1. The number of esters is 5. The lowest BCUT2D eigenvalue weighted by Gasteiger charge is -2.59. The number of rotatable bonds is 10. The van der Waals surface area contributed by atoms with Crippen molar-refractivity contribution in [2.45, 2.75) is 174 Å². The minimum Gasteiger partial charge on any atom is -0.463 e. The molecule has 12 heteroatoms. The molecule has 8 atom stereocenters. The number of hydrogen-bond acceptors (Lipinski definition) is 12. The molecule has 0 radical (unpaired) electrons. The molecule has 10 bridgehead atoms. The molecular weight excluding hydrogens is 817 g/mol. The van der Waals surface area contributed by atoms with Crippen LogP contribution in [0.1, 0.15) is 144 Å². The Morgan fingerprint density at radius 1 is 0.641 bits per heavy atom. The summed E-state index contributed by atoms with van der Waals surface area (Å²) >= 11 is 0. The van der Waals surface area contributed by atoms with Crippen molar-refractivity contribution in [3.63, 3.8) is 0 Å². The Morgan fingerprint density at radius 3 is 1.72 bits per heavy atom. The van der Waals surface area contributed by atoms with E-state index in [1.54, 1.807) is 20.8 Å². The summed E-state index contributed by atoms with van der Waals surface area (Å²) in [6.45, 7) is 21.3. The molecule has 0 amide bonds. The van der Waals surface area contributed by atoms with Gasteiger partial charge < -0.3 is 33.5 Å². The van der Waals surface area contributed by atoms with Gasteiger partial charge in [0, 0.05) is 35.1 Å². The van der Waals surface area contributed by atoms with E-state index in [4.69, 9.17) is 23.7 Å². The maximum absolute atomic E-state index is 11.7. The smallest absolute Gasteiger partial charge is 0.347 e. The SMILES string of the molecule is C.C=C(C)C(=O)OC12CC3CC(CC(O)(C3)C1)C2.C=C(C)C(=O)OC1CC2CC1C1CCCC21.C=C(C)C(=O)OC1CCOC1=O.C=C(C)C(=O)OCOC1C2CC3CC(C2)CC1C3. The minimum atomic E-state index is -0.728. The Kier molecular flexibility index (Phi) is 15.8. The van der Waals surface area contributed by atoms with E-state index in [1.807, 2.05) is 0 Å². The highest BCUT2D eigenvalue weighted by molar-refractivity contribution is 5.90. The zero-order chi connectivity index (χ0) is 45.4. The maximum Gasteiger partial charge on any atom is 0.347 e. The van der Waals surface area contributed by atoms with Crippen molar-refractivity contribution in [3.05, 3.63) is 48.6 Å². The number of carbonyl (C=O) groups excluding carboxylic acids is 5. The summed E-state index contributed by atoms with van der Waals surface area (Å²) in [5, 5.41) is 10.5. The van der Waals surface area contributed by atoms with Crippen molar-refractivity contribution in [1.82, 2.24) is 0 Å². The zero-order valence-corrected chi connectivity index (χ0v) is 38.2. The number of cyclic esters (lactones) is 1. The van der Waals surface area contributed by atoms with E-state index in [2.05, 4.69) is 31.1 Å². The highest BCUT2D eigenvalue weighted by atomic mass is 16.7. The van der Waals surface area contributed by atoms with Crippen molar-refractivity contribution in [3.8, 4) is 0 Å². The van der Waals surface area contributed by atoms with Gasteiger partial charge in [-0.05, 0) is 177 Å². The van der Waals surface area contributed by atoms with E-state index in [9.17, 15) is 29.1 Å². The fourth-order valence-electron chi connectivity index (χ4n) is 14.2. The van der Waals surface area contributed by atoms with E-state index in [-0.39, 0.29) is 43.8 Å². The first-order valence-electron chi connectivity index (χ1n) is 23.8. The number of aliphatic hydroxyl groups is 1. The second-order valence-electron chi connectivity index (χ2n) is 21.4. The topological polar surface area (TPSA) is 161 Å². The molecular formula is C52H76O12. The summed E-state index contributed by atoms with van der Waals surface area (Å²) < 4.78 is 31.5. The standard InChI is InChI=1S/C15H22O3.C14H20O3.C14H20O2.C8H10O4.CH4/c1-9(2)15(16)18-8-17-14-12-4-10-3-11(6-12)7-13(14)5-10;1-9(2)12(15)17-14-6-10-3-11(7-14)5-13(16,4-10)8-14;1-8(2)14(15)16-13-7-9-6-12(13)11-5-3-4-10(9)11;1-5(2)7(9)12-6-3-4-11-8(6)10;/h10-14H,1,3-8H2,2H3;10-11,16H,1,3-8H2,2H3;9-13H,1,3-7H2,2H3;6H,1,3-4H2,2H3;1H4. The molecule has 1 N–H and O–H groups in total. The molecule has 11 aliphatic carbocycles. The average molecular weight is 893 g/mol. The van der Waals surface area contributed by atoms with Crippen LogP contribution in [0.5, 0.6) is 0 Å². The van der Waals surface area contributed by atoms with Gasteiger partial charge >= 0.3 is 29.8 Å². The second-order valence-corrected chi connectivity index (χ2v) is 21.4. The first kappa shape index (κ1) is 49.7. The molecule has 12 nitrogen and oxygen atoms in total. The van der Waals surface area contributed by atoms with Crippen molar-refractivity contribution in [1.29, 1.82) is 0 Å². The maximum atomic E-state index is 11.7. The van der Waals surface area contributed by atoms with Crippen LogP contribution in [0, 0.1) is 59.2 Å². The van der Waals surface area contributed by atoms with Crippen molar-refractivity contribution < 1.29 is 57.5 Å². The van der Waals surface area contributed by atoms with Gasteiger partial charge in [-0.15, -0.1) is 0 Å². The zero-order valence-electron chi connectivity index (χ0n) is 38.2. The monoisotopic (exact) mass is 893 g/mol. The molecule has 12 fully saturated rings. The molecule has 12 rings (SSSR count). The van der Waals surface area contributed by atoms with Gasteiger partial charge in [0.25, 0.3) is 0 Å². The molecule has 64 heavy (non-hydrogen) atoms. The molecule has 0 aromatic heterocycles. The molecule has 1 aliphatic heterocycles. The number of carbonyl (C=O) groups is 5. The first-order valence-corrected chi connectivity index (χ1v) is 23.8. The van der Waals surface area contributed by atoms with Gasteiger partial charge in [-0.3, -0.25) is 0 Å². The van der Waals surface area contributed by atoms with Gasteiger partial charge in [-0.1, -0.05) is 40.2 Å². The van der Waals surface area contributed by atoms with Gasteiger partial charge in [0.1, 0.15) is 11.7 Å². The van der Waals surface area contributed by atoms with Crippen LogP contribution in [0.25, 0.3) is 0 Å². The fraction of sp³-hybridized carbons (Fsp3) is 0.750. The van der Waals surface area contributed by atoms with Gasteiger partial charge in [0.2, 0.25) is 6.10 Å². The first-order chi connectivity index (χ1) is 29.8. The number of fused-ring (bicyclic) bond motifs is 5. The van der Waals surface area contributed by atoms with Gasteiger partial charge in [-0.25, -0.2) is 24.0 Å². The Labute approximate surface area is 381 Å². The molecule has 356 valence electrons. The lowest BCUT2D eigenvalue weighted by Crippen LogP contribution is -2.60. The summed E-state index contributed by atoms with van der Waals surface area (Å²) in [5.74, 6) is 5.90. The lowest BCUT2D eigenvalue weighted by atomic mass is 9.52. The molecule has 0 aromatic carbocycles. The summed E-state index contributed by atoms with van der Waals surface area (Å²) in [4.78, 5) is 56.3. The molecule has 12 aliphatic rings. The predicted octanol–water partition coefficient (Wildman–Crippen LogP) is 9.08. The van der Waals surface area contributed by atoms with Crippen LogP contribution in [0.4, 0.5) is 0 Å². The van der Waals surface area contributed by atoms with Crippen molar-refractivity contribution >= 4 is 29.8 Å². The average Bonchev–Trinajstić information content (AvgIpc) is 4.00. The predicted molar refractivity (Wildman–Crippen MR) is 240 cm³/mol. The van der Waals surface area contributed by atoms with E-state index in [0.717, 1.165) is 61.7 Å². The molecule has 8 unspecified atom stereocenters. The second kappa shape index (κ2) is 20.4. The quantitative estimate of drug-likeness (QED) is 0.0961. The molecule has 0 aromatic rings. The minimum absolute atomic E-state index is 0. The van der Waals surface area contributed by atoms with Gasteiger partial charge in [0.15, 0.2) is 6.79 Å². The highest BCUT2D eigenvalue weighted by Crippen LogP contribution is 2.60. The van der Waals surface area contributed by atoms with Crippen LogP contribution < -0.4 is 0 Å². The third kappa shape index (κ3) is 11.4. The summed E-state index contributed by atoms with van der Waals surface area (Å²) in [6.07, 6.45) is 19.1. The third-order valence-corrected chi connectivity index (χ3v) is 16.0. The van der Waals surface area contributed by atoms with Crippen molar-refractivity contribution in [2.75, 3.05) is 13.4 Å².